The number of anilines is 1. The van der Waals surface area contributed by atoms with Gasteiger partial charge in [0.25, 0.3) is 5.56 Å². The van der Waals surface area contributed by atoms with Crippen LogP contribution in [0.3, 0.4) is 0 Å². The van der Waals surface area contributed by atoms with Crippen molar-refractivity contribution in [2.45, 2.75) is 99.0 Å². The van der Waals surface area contributed by atoms with E-state index in [1.807, 2.05) is 12.1 Å². The summed E-state index contributed by atoms with van der Waals surface area (Å²) in [4.78, 5) is 59.9. The van der Waals surface area contributed by atoms with Crippen LogP contribution in [0.5, 0.6) is 5.75 Å². The Bertz CT molecular complexity index is 2530. The fourth-order valence-corrected chi connectivity index (χ4v) is 10.4. The van der Waals surface area contributed by atoms with Crippen LogP contribution in [0.15, 0.2) is 75.3 Å². The van der Waals surface area contributed by atoms with Crippen molar-refractivity contribution in [2.24, 2.45) is 7.05 Å². The van der Waals surface area contributed by atoms with Crippen molar-refractivity contribution in [3.63, 3.8) is 0 Å². The molecule has 16 heteroatoms. The number of ether oxygens (including phenoxy) is 1. The molecule has 4 heterocycles. The van der Waals surface area contributed by atoms with E-state index in [-0.39, 0.29) is 53.6 Å². The molecule has 0 spiro atoms. The molecule has 15 nitrogen and oxygen atoms in total. The first-order valence-electron chi connectivity index (χ1n) is 19.4. The fourth-order valence-electron chi connectivity index (χ4n) is 8.62. The summed E-state index contributed by atoms with van der Waals surface area (Å²) in [5, 5.41) is 8.61. The molecule has 3 aromatic heterocycles. The first-order chi connectivity index (χ1) is 27.1. The van der Waals surface area contributed by atoms with Gasteiger partial charge in [0.1, 0.15) is 29.7 Å². The average Bonchev–Trinajstić information content (AvgIpc) is 3.81. The van der Waals surface area contributed by atoms with E-state index >= 15 is 0 Å². The molecule has 3 aliphatic rings. The van der Waals surface area contributed by atoms with E-state index in [1.165, 1.54) is 9.13 Å². The summed E-state index contributed by atoms with van der Waals surface area (Å²) in [7, 11) is -1.93. The summed E-state index contributed by atoms with van der Waals surface area (Å²) in [6.45, 7) is 1.15. The summed E-state index contributed by atoms with van der Waals surface area (Å²) < 4.78 is 38.3. The highest BCUT2D eigenvalue weighted by molar-refractivity contribution is 7.92. The van der Waals surface area contributed by atoms with Gasteiger partial charge in [0.15, 0.2) is 15.5 Å². The standard InChI is InChI=1S/C40H46N8O7S/c1-46-37-25(6-4-11-32(37)48(40(46)52)33-17-18-35(49)45-39(33)51)23-41-20-21-55-28-9-5-10-30(22-28)56(53,54)29-14-12-26(13-15-29)43-34-24-42-31-16-19-36(50)47(38(31)44-34)27-7-2-3-8-27/h4-6,9-11,16,19,22,24,26-27,29,33,41H,2-3,7-8,12-15,17-18,20-21,23H2,1H3,(H,43,44)(H,45,49,51). The van der Waals surface area contributed by atoms with Crippen LogP contribution in [0.4, 0.5) is 5.82 Å². The largest absolute Gasteiger partial charge is 0.492 e. The number of imidazole rings is 1. The zero-order valence-corrected chi connectivity index (χ0v) is 32.1. The van der Waals surface area contributed by atoms with E-state index in [4.69, 9.17) is 9.72 Å². The zero-order valence-electron chi connectivity index (χ0n) is 31.3. The summed E-state index contributed by atoms with van der Waals surface area (Å²) in [5.74, 6) is 0.234. The molecule has 3 N–H and O–H groups in total. The van der Waals surface area contributed by atoms with Crippen molar-refractivity contribution in [1.29, 1.82) is 0 Å². The molecule has 56 heavy (non-hydrogen) atoms. The van der Waals surface area contributed by atoms with Gasteiger partial charge in [0.05, 0.1) is 27.4 Å². The zero-order chi connectivity index (χ0) is 39.0. The molecule has 294 valence electrons. The Morgan fingerprint density at radius 2 is 1.70 bits per heavy atom. The van der Waals surface area contributed by atoms with Crippen LogP contribution in [0, 0.1) is 0 Å². The number of hydrogen-bond donors (Lipinski definition) is 3. The number of benzene rings is 2. The van der Waals surface area contributed by atoms with Gasteiger partial charge in [0.2, 0.25) is 11.8 Å². The lowest BCUT2D eigenvalue weighted by Gasteiger charge is -2.29. The van der Waals surface area contributed by atoms with E-state index in [1.54, 1.807) is 60.3 Å². The maximum atomic E-state index is 13.8. The molecule has 0 radical (unpaired) electrons. The second-order valence-corrected chi connectivity index (χ2v) is 17.3. The molecule has 0 bridgehead atoms. The summed E-state index contributed by atoms with van der Waals surface area (Å²) in [6, 6.07) is 14.9. The van der Waals surface area contributed by atoms with Crippen LogP contribution < -0.4 is 31.9 Å². The summed E-state index contributed by atoms with van der Waals surface area (Å²) in [5.41, 5.74) is 3.07. The first kappa shape index (κ1) is 37.6. The predicted octanol–water partition coefficient (Wildman–Crippen LogP) is 3.90. The Morgan fingerprint density at radius 3 is 2.48 bits per heavy atom. The van der Waals surface area contributed by atoms with Crippen LogP contribution in [-0.2, 0) is 33.0 Å². The fraction of sp³-hybridized carbons (Fsp3) is 0.450. The van der Waals surface area contributed by atoms with Gasteiger partial charge in [-0.2, -0.15) is 0 Å². The van der Waals surface area contributed by atoms with Crippen molar-refractivity contribution in [3.05, 3.63) is 87.2 Å². The number of sulfone groups is 1. The summed E-state index contributed by atoms with van der Waals surface area (Å²) >= 11 is 0. The number of fused-ring (bicyclic) bond motifs is 2. The molecule has 8 rings (SSSR count). The predicted molar refractivity (Wildman–Crippen MR) is 210 cm³/mol. The minimum Gasteiger partial charge on any atom is -0.492 e. The van der Waals surface area contributed by atoms with Crippen LogP contribution in [-0.4, -0.2) is 68.3 Å². The van der Waals surface area contributed by atoms with Gasteiger partial charge in [-0.1, -0.05) is 31.0 Å². The van der Waals surface area contributed by atoms with Crippen molar-refractivity contribution in [2.75, 3.05) is 18.5 Å². The minimum absolute atomic E-state index is 0.0350. The smallest absolute Gasteiger partial charge is 0.329 e. The number of amides is 2. The van der Waals surface area contributed by atoms with Crippen LogP contribution in [0.1, 0.15) is 81.9 Å². The van der Waals surface area contributed by atoms with E-state index in [0.29, 0.717) is 72.5 Å². The van der Waals surface area contributed by atoms with Crippen molar-refractivity contribution in [1.82, 2.24) is 34.3 Å². The number of nitrogens with one attached hydrogen (secondary N) is 3. The third kappa shape index (κ3) is 7.34. The number of hydrogen-bond acceptors (Lipinski definition) is 11. The highest BCUT2D eigenvalue weighted by Crippen LogP contribution is 2.33. The third-order valence-electron chi connectivity index (χ3n) is 11.5. The number of aromatic nitrogens is 5. The van der Waals surface area contributed by atoms with Gasteiger partial charge in [-0.3, -0.25) is 33.4 Å². The molecule has 1 atom stereocenters. The van der Waals surface area contributed by atoms with Crippen LogP contribution in [0.25, 0.3) is 22.2 Å². The highest BCUT2D eigenvalue weighted by Gasteiger charge is 2.34. The monoisotopic (exact) mass is 782 g/mol. The molecule has 3 fully saturated rings. The van der Waals surface area contributed by atoms with E-state index in [0.717, 1.165) is 31.2 Å². The molecular weight excluding hydrogens is 737 g/mol. The van der Waals surface area contributed by atoms with Gasteiger partial charge in [0, 0.05) is 44.7 Å². The Kier molecular flexibility index (Phi) is 10.5. The molecule has 2 aliphatic carbocycles. The number of imide groups is 1. The number of piperidine rings is 1. The number of para-hydroxylation sites is 1. The second kappa shape index (κ2) is 15.7. The molecule has 2 aromatic carbocycles. The minimum atomic E-state index is -3.60. The molecule has 1 unspecified atom stereocenters. The average molecular weight is 783 g/mol. The lowest BCUT2D eigenvalue weighted by molar-refractivity contribution is -0.135. The number of carbonyl (C=O) groups is 2. The molecule has 1 saturated heterocycles. The van der Waals surface area contributed by atoms with Crippen LogP contribution in [0.2, 0.25) is 0 Å². The third-order valence-corrected chi connectivity index (χ3v) is 13.8. The van der Waals surface area contributed by atoms with E-state index < -0.39 is 27.0 Å². The van der Waals surface area contributed by atoms with Gasteiger partial charge in [-0.05, 0) is 80.8 Å². The van der Waals surface area contributed by atoms with Crippen molar-refractivity contribution in [3.8, 4) is 5.75 Å². The number of pyridine rings is 1. The van der Waals surface area contributed by atoms with E-state index in [9.17, 15) is 27.6 Å². The number of aryl methyl sites for hydroxylation is 1. The molecular formula is C40H46N8O7S. The van der Waals surface area contributed by atoms with Gasteiger partial charge in [-0.15, -0.1) is 0 Å². The highest BCUT2D eigenvalue weighted by atomic mass is 32.2. The van der Waals surface area contributed by atoms with Gasteiger partial charge >= 0.3 is 5.69 Å². The maximum Gasteiger partial charge on any atom is 0.329 e. The second-order valence-electron chi connectivity index (χ2n) is 15.1. The number of nitrogens with zero attached hydrogens (tertiary/aromatic N) is 5. The summed E-state index contributed by atoms with van der Waals surface area (Å²) in [6.07, 6.45) is 8.53. The molecule has 5 aromatic rings. The SMILES string of the molecule is Cn1c(=O)n(C2CCC(=O)NC2=O)c2cccc(CNCCOc3cccc(S(=O)(=O)C4CCC(Nc5cnc6ccc(=O)n(C7CCCC7)c6n5)CC4)c3)c21. The Balaban J connectivity index is 0.851. The Morgan fingerprint density at radius 1 is 0.911 bits per heavy atom. The lowest BCUT2D eigenvalue weighted by atomic mass is 9.95. The van der Waals surface area contributed by atoms with Gasteiger partial charge < -0.3 is 15.4 Å². The van der Waals surface area contributed by atoms with Crippen molar-refractivity contribution >= 4 is 49.7 Å². The Labute approximate surface area is 323 Å². The van der Waals surface area contributed by atoms with Gasteiger partial charge in [-0.25, -0.2) is 23.2 Å². The van der Waals surface area contributed by atoms with Crippen molar-refractivity contribution < 1.29 is 22.7 Å². The van der Waals surface area contributed by atoms with Crippen LogP contribution >= 0.6 is 0 Å². The molecule has 1 aliphatic heterocycles. The molecule has 2 saturated carbocycles. The number of carbonyl (C=O) groups excluding carboxylic acids is 2. The topological polar surface area (TPSA) is 188 Å². The lowest BCUT2D eigenvalue weighted by Crippen LogP contribution is -2.44. The first-order valence-corrected chi connectivity index (χ1v) is 21.0. The maximum absolute atomic E-state index is 13.8. The number of rotatable bonds is 12. The molecule has 2 amide bonds. The van der Waals surface area contributed by atoms with E-state index in [2.05, 4.69) is 20.9 Å². The quantitative estimate of drug-likeness (QED) is 0.123. The Hall–Kier alpha value is -5.35. The normalized spacial score (nSPS) is 20.8.